The first-order valence-corrected chi connectivity index (χ1v) is 9.08. The van der Waals surface area contributed by atoms with Gasteiger partial charge in [0.2, 0.25) is 0 Å². The van der Waals surface area contributed by atoms with Crippen molar-refractivity contribution in [3.8, 4) is 5.75 Å². The summed E-state index contributed by atoms with van der Waals surface area (Å²) in [7, 11) is 0. The summed E-state index contributed by atoms with van der Waals surface area (Å²) in [6.45, 7) is 10.2. The van der Waals surface area contributed by atoms with E-state index in [2.05, 4.69) is 5.32 Å². The maximum absolute atomic E-state index is 12.6. The van der Waals surface area contributed by atoms with Crippen LogP contribution >= 0.6 is 0 Å². The molecule has 0 heterocycles. The number of anilines is 1. The first-order chi connectivity index (χ1) is 12.3. The van der Waals surface area contributed by atoms with Crippen molar-refractivity contribution >= 4 is 17.4 Å². The van der Waals surface area contributed by atoms with Crippen molar-refractivity contribution in [3.63, 3.8) is 0 Å². The van der Waals surface area contributed by atoms with Crippen LogP contribution in [0.5, 0.6) is 5.75 Å². The van der Waals surface area contributed by atoms with E-state index >= 15 is 0 Å². The van der Waals surface area contributed by atoms with E-state index in [1.807, 2.05) is 52.8 Å². The molecule has 0 atom stereocenters. The fourth-order valence-electron chi connectivity index (χ4n) is 2.85. The highest BCUT2D eigenvalue weighted by Crippen LogP contribution is 2.22. The predicted octanol–water partition coefficient (Wildman–Crippen LogP) is 5.05. The molecule has 2 aromatic carbocycles. The zero-order chi connectivity index (χ0) is 19.3. The predicted molar refractivity (Wildman–Crippen MR) is 105 cm³/mol. The lowest BCUT2D eigenvalue weighted by Gasteiger charge is -2.13. The van der Waals surface area contributed by atoms with Crippen LogP contribution in [0.4, 0.5) is 5.69 Å². The molecular formula is C22H27NO3. The molecule has 4 heteroatoms. The molecule has 1 amide bonds. The van der Waals surface area contributed by atoms with Crippen molar-refractivity contribution in [2.75, 3.05) is 11.9 Å². The zero-order valence-electron chi connectivity index (χ0n) is 16.2. The van der Waals surface area contributed by atoms with Crippen LogP contribution < -0.4 is 10.1 Å². The highest BCUT2D eigenvalue weighted by molar-refractivity contribution is 6.05. The number of carbonyl (C=O) groups excluding carboxylic acids is 2. The van der Waals surface area contributed by atoms with Crippen LogP contribution in [0, 0.1) is 12.8 Å². The Balaban J connectivity index is 2.25. The lowest BCUT2D eigenvalue weighted by atomic mass is 9.94. The van der Waals surface area contributed by atoms with E-state index in [9.17, 15) is 9.59 Å². The van der Waals surface area contributed by atoms with Crippen LogP contribution in [0.2, 0.25) is 0 Å². The molecule has 1 N–H and O–H groups in total. The van der Waals surface area contributed by atoms with Crippen molar-refractivity contribution in [2.24, 2.45) is 5.92 Å². The summed E-state index contributed by atoms with van der Waals surface area (Å²) in [5.41, 5.74) is 3.88. The van der Waals surface area contributed by atoms with Crippen LogP contribution in [0.1, 0.15) is 59.5 Å². The minimum atomic E-state index is -0.195. The average Bonchev–Trinajstić information content (AvgIpc) is 2.60. The maximum Gasteiger partial charge on any atom is 0.255 e. The van der Waals surface area contributed by atoms with Gasteiger partial charge in [-0.3, -0.25) is 9.59 Å². The van der Waals surface area contributed by atoms with Gasteiger partial charge in [-0.05, 0) is 67.8 Å². The third-order valence-corrected chi connectivity index (χ3v) is 4.16. The Morgan fingerprint density at radius 1 is 1.08 bits per heavy atom. The van der Waals surface area contributed by atoms with Gasteiger partial charge in [0.05, 0.1) is 6.61 Å². The number of Topliss-reactive ketones (excluding diaryl/α,β-unsaturated/α-hetero) is 1. The van der Waals surface area contributed by atoms with Gasteiger partial charge in [0, 0.05) is 22.7 Å². The normalized spacial score (nSPS) is 10.7. The highest BCUT2D eigenvalue weighted by Gasteiger charge is 2.15. The van der Waals surface area contributed by atoms with Crippen LogP contribution in [0.25, 0.3) is 0 Å². The van der Waals surface area contributed by atoms with Crippen molar-refractivity contribution in [2.45, 2.75) is 41.0 Å². The summed E-state index contributed by atoms with van der Waals surface area (Å²) < 4.78 is 5.51. The number of ketones is 1. The largest absolute Gasteiger partial charge is 0.494 e. The van der Waals surface area contributed by atoms with Gasteiger partial charge in [0.15, 0.2) is 5.78 Å². The molecule has 0 fully saturated rings. The van der Waals surface area contributed by atoms with Gasteiger partial charge in [-0.1, -0.05) is 20.8 Å². The van der Waals surface area contributed by atoms with E-state index < -0.39 is 0 Å². The molecule has 0 aliphatic rings. The Kier molecular flexibility index (Phi) is 6.56. The van der Waals surface area contributed by atoms with Crippen LogP contribution in [-0.4, -0.2) is 18.3 Å². The minimum Gasteiger partial charge on any atom is -0.494 e. The third kappa shape index (κ3) is 4.72. The molecular weight excluding hydrogens is 326 g/mol. The van der Waals surface area contributed by atoms with Gasteiger partial charge in [-0.2, -0.15) is 0 Å². The van der Waals surface area contributed by atoms with E-state index in [0.29, 0.717) is 23.6 Å². The number of ether oxygens (including phenoxy) is 1. The SMILES string of the molecule is CCOc1cc(C)cc(C(=O)Nc2ccc(C(=O)C(C)C)c(CC)c2)c1. The second kappa shape index (κ2) is 8.65. The lowest BCUT2D eigenvalue weighted by molar-refractivity contribution is 0.0938. The Morgan fingerprint density at radius 2 is 1.81 bits per heavy atom. The Hall–Kier alpha value is -2.62. The summed E-state index contributed by atoms with van der Waals surface area (Å²) in [4.78, 5) is 24.9. The van der Waals surface area contributed by atoms with Crippen LogP contribution in [-0.2, 0) is 6.42 Å². The van der Waals surface area contributed by atoms with Gasteiger partial charge in [-0.25, -0.2) is 0 Å². The molecule has 26 heavy (non-hydrogen) atoms. The Bertz CT molecular complexity index is 809. The monoisotopic (exact) mass is 353 g/mol. The van der Waals surface area contributed by atoms with Gasteiger partial charge in [0.25, 0.3) is 5.91 Å². The lowest BCUT2D eigenvalue weighted by Crippen LogP contribution is -2.14. The summed E-state index contributed by atoms with van der Waals surface area (Å²) in [5.74, 6) is 0.564. The zero-order valence-corrected chi connectivity index (χ0v) is 16.2. The average molecular weight is 353 g/mol. The third-order valence-electron chi connectivity index (χ3n) is 4.16. The topological polar surface area (TPSA) is 55.4 Å². The molecule has 2 aromatic rings. The van der Waals surface area contributed by atoms with Gasteiger partial charge >= 0.3 is 0 Å². The number of hydrogen-bond acceptors (Lipinski definition) is 3. The number of nitrogens with one attached hydrogen (secondary N) is 1. The van der Waals surface area contributed by atoms with Crippen molar-refractivity contribution in [1.29, 1.82) is 0 Å². The van der Waals surface area contributed by atoms with Crippen molar-refractivity contribution in [1.82, 2.24) is 0 Å². The van der Waals surface area contributed by atoms with Gasteiger partial charge < -0.3 is 10.1 Å². The minimum absolute atomic E-state index is 0.0509. The van der Waals surface area contributed by atoms with Crippen LogP contribution in [0.3, 0.4) is 0 Å². The summed E-state index contributed by atoms with van der Waals surface area (Å²) in [6.07, 6.45) is 0.733. The first-order valence-electron chi connectivity index (χ1n) is 9.08. The van der Waals surface area contributed by atoms with Gasteiger partial charge in [-0.15, -0.1) is 0 Å². The van der Waals surface area contributed by atoms with E-state index in [-0.39, 0.29) is 17.6 Å². The molecule has 2 rings (SSSR count). The summed E-state index contributed by atoms with van der Waals surface area (Å²) in [5, 5.41) is 2.92. The van der Waals surface area contributed by atoms with E-state index in [0.717, 1.165) is 23.1 Å². The molecule has 0 aliphatic heterocycles. The quantitative estimate of drug-likeness (QED) is 0.709. The molecule has 0 saturated carbocycles. The summed E-state index contributed by atoms with van der Waals surface area (Å²) >= 11 is 0. The summed E-state index contributed by atoms with van der Waals surface area (Å²) in [6, 6.07) is 10.9. The number of carbonyl (C=O) groups is 2. The van der Waals surface area contributed by atoms with E-state index in [1.165, 1.54) is 0 Å². The van der Waals surface area contributed by atoms with Crippen molar-refractivity contribution in [3.05, 3.63) is 58.7 Å². The fourth-order valence-corrected chi connectivity index (χ4v) is 2.85. The molecule has 0 saturated heterocycles. The first kappa shape index (κ1) is 19.7. The maximum atomic E-state index is 12.6. The van der Waals surface area contributed by atoms with Crippen molar-refractivity contribution < 1.29 is 14.3 Å². The number of aryl methyl sites for hydroxylation is 2. The molecule has 0 spiro atoms. The van der Waals surface area contributed by atoms with Gasteiger partial charge in [0.1, 0.15) is 5.75 Å². The number of benzene rings is 2. The number of rotatable bonds is 7. The molecule has 0 radical (unpaired) electrons. The number of amides is 1. The highest BCUT2D eigenvalue weighted by atomic mass is 16.5. The molecule has 138 valence electrons. The molecule has 0 unspecified atom stereocenters. The number of hydrogen-bond donors (Lipinski definition) is 1. The second-order valence-corrected chi connectivity index (χ2v) is 6.67. The molecule has 0 aromatic heterocycles. The van der Waals surface area contributed by atoms with E-state index in [1.54, 1.807) is 18.2 Å². The Morgan fingerprint density at radius 3 is 2.42 bits per heavy atom. The standard InChI is InChI=1S/C22H27NO3/c1-6-16-12-18(8-9-20(16)21(24)14(3)4)23-22(25)17-10-15(5)11-19(13-17)26-7-2/h8-14H,6-7H2,1-5H3,(H,23,25). The molecule has 0 aliphatic carbocycles. The Labute approximate surface area is 155 Å². The second-order valence-electron chi connectivity index (χ2n) is 6.67. The van der Waals surface area contributed by atoms with Crippen LogP contribution in [0.15, 0.2) is 36.4 Å². The molecule has 4 nitrogen and oxygen atoms in total. The smallest absolute Gasteiger partial charge is 0.255 e. The van der Waals surface area contributed by atoms with E-state index in [4.69, 9.17) is 4.74 Å². The molecule has 0 bridgehead atoms. The fraction of sp³-hybridized carbons (Fsp3) is 0.364.